The number of aromatic nitrogens is 2. The topological polar surface area (TPSA) is 50.2 Å². The van der Waals surface area contributed by atoms with Crippen LogP contribution in [0, 0.1) is 11.8 Å². The first-order valence-electron chi connectivity index (χ1n) is 7.32. The molecular weight excluding hydrogens is 276 g/mol. The van der Waals surface area contributed by atoms with Crippen LogP contribution in [0.2, 0.25) is 5.02 Å². The van der Waals surface area contributed by atoms with E-state index >= 15 is 0 Å². The van der Waals surface area contributed by atoms with Crippen LogP contribution in [0.4, 0.5) is 0 Å². The summed E-state index contributed by atoms with van der Waals surface area (Å²) in [7, 11) is 0. The van der Waals surface area contributed by atoms with Gasteiger partial charge in [0, 0.05) is 18.8 Å². The number of fused-ring (bicyclic) bond motifs is 3. The van der Waals surface area contributed by atoms with Gasteiger partial charge in [-0.25, -0.2) is 0 Å². The highest BCUT2D eigenvalue weighted by Crippen LogP contribution is 2.27. The SMILES string of the molecule is CC(Cn1cc(Cl)cn1)C(=O)NC1CN2CCC1CC2. The molecule has 4 heterocycles. The van der Waals surface area contributed by atoms with Gasteiger partial charge in [-0.2, -0.15) is 5.10 Å². The van der Waals surface area contributed by atoms with E-state index < -0.39 is 0 Å². The number of halogens is 1. The number of hydrogen-bond acceptors (Lipinski definition) is 3. The maximum Gasteiger partial charge on any atom is 0.224 e. The molecule has 3 saturated heterocycles. The summed E-state index contributed by atoms with van der Waals surface area (Å²) in [5.74, 6) is 0.687. The van der Waals surface area contributed by atoms with E-state index in [0.29, 0.717) is 23.5 Å². The number of amides is 1. The number of rotatable bonds is 4. The number of nitrogens with one attached hydrogen (secondary N) is 1. The third-order valence-electron chi connectivity index (χ3n) is 4.49. The monoisotopic (exact) mass is 296 g/mol. The average Bonchev–Trinajstić information content (AvgIpc) is 2.85. The molecule has 0 radical (unpaired) electrons. The maximum atomic E-state index is 12.3. The predicted molar refractivity (Wildman–Crippen MR) is 77.5 cm³/mol. The Morgan fingerprint density at radius 2 is 2.30 bits per heavy atom. The van der Waals surface area contributed by atoms with Gasteiger partial charge in [0.15, 0.2) is 0 Å². The van der Waals surface area contributed by atoms with Crippen LogP contribution in [0.1, 0.15) is 19.8 Å². The average molecular weight is 297 g/mol. The van der Waals surface area contributed by atoms with Crippen LogP contribution in [0.15, 0.2) is 12.4 Å². The van der Waals surface area contributed by atoms with Gasteiger partial charge < -0.3 is 10.2 Å². The Balaban J connectivity index is 1.53. The summed E-state index contributed by atoms with van der Waals surface area (Å²) in [6.07, 6.45) is 5.78. The van der Waals surface area contributed by atoms with Crippen molar-refractivity contribution in [1.29, 1.82) is 0 Å². The second-order valence-corrected chi connectivity index (χ2v) is 6.47. The fourth-order valence-electron chi connectivity index (χ4n) is 3.26. The van der Waals surface area contributed by atoms with E-state index in [1.807, 2.05) is 6.92 Å². The summed E-state index contributed by atoms with van der Waals surface area (Å²) in [6.45, 7) is 5.90. The van der Waals surface area contributed by atoms with Crippen molar-refractivity contribution in [3.63, 3.8) is 0 Å². The Bertz CT molecular complexity index is 481. The largest absolute Gasteiger partial charge is 0.352 e. The van der Waals surface area contributed by atoms with Crippen molar-refractivity contribution in [1.82, 2.24) is 20.0 Å². The van der Waals surface area contributed by atoms with E-state index in [9.17, 15) is 4.79 Å². The van der Waals surface area contributed by atoms with Crippen LogP contribution in [-0.2, 0) is 11.3 Å². The van der Waals surface area contributed by atoms with E-state index in [2.05, 4.69) is 15.3 Å². The fourth-order valence-corrected chi connectivity index (χ4v) is 3.41. The lowest BCUT2D eigenvalue weighted by Gasteiger charge is -2.45. The number of nitrogens with zero attached hydrogens (tertiary/aromatic N) is 3. The molecule has 2 atom stereocenters. The molecule has 1 aromatic heterocycles. The van der Waals surface area contributed by atoms with Gasteiger partial charge in [-0.05, 0) is 31.8 Å². The minimum Gasteiger partial charge on any atom is -0.352 e. The minimum absolute atomic E-state index is 0.0959. The van der Waals surface area contributed by atoms with Gasteiger partial charge >= 0.3 is 0 Å². The van der Waals surface area contributed by atoms with Crippen LogP contribution < -0.4 is 5.32 Å². The molecule has 2 bridgehead atoms. The van der Waals surface area contributed by atoms with Gasteiger partial charge in [-0.3, -0.25) is 9.48 Å². The summed E-state index contributed by atoms with van der Waals surface area (Å²) in [5, 5.41) is 7.95. The highest BCUT2D eigenvalue weighted by Gasteiger charge is 2.35. The molecule has 5 nitrogen and oxygen atoms in total. The predicted octanol–water partition coefficient (Wildman–Crippen LogP) is 1.38. The van der Waals surface area contributed by atoms with E-state index in [0.717, 1.165) is 6.54 Å². The molecular formula is C14H21ClN4O. The highest BCUT2D eigenvalue weighted by molar-refractivity contribution is 6.30. The first kappa shape index (κ1) is 13.9. The summed E-state index contributed by atoms with van der Waals surface area (Å²) >= 11 is 5.83. The quantitative estimate of drug-likeness (QED) is 0.913. The smallest absolute Gasteiger partial charge is 0.224 e. The highest BCUT2D eigenvalue weighted by atomic mass is 35.5. The van der Waals surface area contributed by atoms with Crippen molar-refractivity contribution in [3.8, 4) is 0 Å². The third kappa shape index (κ3) is 2.99. The zero-order valence-electron chi connectivity index (χ0n) is 11.8. The van der Waals surface area contributed by atoms with Crippen molar-refractivity contribution in [2.24, 2.45) is 11.8 Å². The molecule has 0 saturated carbocycles. The zero-order chi connectivity index (χ0) is 14.1. The summed E-state index contributed by atoms with van der Waals surface area (Å²) in [5.41, 5.74) is 0. The van der Waals surface area contributed by atoms with Gasteiger partial charge in [0.25, 0.3) is 0 Å². The number of carbonyl (C=O) groups is 1. The first-order valence-corrected chi connectivity index (χ1v) is 7.70. The van der Waals surface area contributed by atoms with Gasteiger partial charge in [0.2, 0.25) is 5.91 Å². The number of hydrogen-bond donors (Lipinski definition) is 1. The van der Waals surface area contributed by atoms with Crippen molar-refractivity contribution < 1.29 is 4.79 Å². The molecule has 20 heavy (non-hydrogen) atoms. The molecule has 1 N–H and O–H groups in total. The molecule has 1 aromatic rings. The lowest BCUT2D eigenvalue weighted by molar-refractivity contribution is -0.127. The van der Waals surface area contributed by atoms with Crippen molar-refractivity contribution in [2.75, 3.05) is 19.6 Å². The van der Waals surface area contributed by atoms with Crippen LogP contribution >= 0.6 is 11.6 Å². The molecule has 2 unspecified atom stereocenters. The second-order valence-electron chi connectivity index (χ2n) is 6.03. The molecule has 3 aliphatic heterocycles. The molecule has 0 spiro atoms. The van der Waals surface area contributed by atoms with Crippen molar-refractivity contribution in [2.45, 2.75) is 32.4 Å². The van der Waals surface area contributed by atoms with Crippen molar-refractivity contribution in [3.05, 3.63) is 17.4 Å². The Hall–Kier alpha value is -1.07. The van der Waals surface area contributed by atoms with Gasteiger partial charge in [0.05, 0.1) is 23.7 Å². The Kier molecular flexibility index (Phi) is 3.98. The lowest BCUT2D eigenvalue weighted by Crippen LogP contribution is -2.58. The van der Waals surface area contributed by atoms with Crippen LogP contribution in [0.3, 0.4) is 0 Å². The van der Waals surface area contributed by atoms with Gasteiger partial charge in [-0.1, -0.05) is 18.5 Å². The molecule has 0 aromatic carbocycles. The maximum absolute atomic E-state index is 12.3. The first-order chi connectivity index (χ1) is 9.61. The van der Waals surface area contributed by atoms with Crippen LogP contribution in [0.25, 0.3) is 0 Å². The van der Waals surface area contributed by atoms with Crippen LogP contribution in [-0.4, -0.2) is 46.3 Å². The van der Waals surface area contributed by atoms with Gasteiger partial charge in [-0.15, -0.1) is 0 Å². The minimum atomic E-state index is -0.0959. The zero-order valence-corrected chi connectivity index (χ0v) is 12.5. The van der Waals surface area contributed by atoms with E-state index in [4.69, 9.17) is 11.6 Å². The second kappa shape index (κ2) is 5.74. The van der Waals surface area contributed by atoms with Crippen molar-refractivity contribution >= 4 is 17.5 Å². The normalized spacial score (nSPS) is 30.2. The lowest BCUT2D eigenvalue weighted by atomic mass is 9.84. The Morgan fingerprint density at radius 3 is 2.85 bits per heavy atom. The van der Waals surface area contributed by atoms with E-state index in [-0.39, 0.29) is 11.8 Å². The van der Waals surface area contributed by atoms with Crippen LogP contribution in [0.5, 0.6) is 0 Å². The summed E-state index contributed by atoms with van der Waals surface area (Å²) < 4.78 is 1.73. The van der Waals surface area contributed by atoms with Gasteiger partial charge in [0.1, 0.15) is 0 Å². The third-order valence-corrected chi connectivity index (χ3v) is 4.69. The molecule has 6 heteroatoms. The number of piperidine rings is 3. The Morgan fingerprint density at radius 1 is 1.55 bits per heavy atom. The molecule has 3 fully saturated rings. The molecule has 0 aliphatic carbocycles. The molecule has 4 rings (SSSR count). The standard InChI is InChI=1S/C14H21ClN4O/c1-10(7-19-8-12(15)6-16-19)14(20)17-13-9-18-4-2-11(13)3-5-18/h6,8,10-11,13H,2-5,7,9H2,1H3,(H,17,20). The molecule has 110 valence electrons. The fraction of sp³-hybridized carbons (Fsp3) is 0.714. The molecule has 1 amide bonds. The molecule has 3 aliphatic rings. The number of carbonyl (C=O) groups excluding carboxylic acids is 1. The Labute approximate surface area is 124 Å². The van der Waals surface area contributed by atoms with E-state index in [1.54, 1.807) is 17.1 Å². The summed E-state index contributed by atoms with van der Waals surface area (Å²) in [4.78, 5) is 14.7. The van der Waals surface area contributed by atoms with E-state index in [1.165, 1.54) is 25.9 Å². The summed E-state index contributed by atoms with van der Waals surface area (Å²) in [6, 6.07) is 0.327.